The smallest absolute Gasteiger partial charge is 0.191 e. The topological polar surface area (TPSA) is 39.7 Å². The SMILES string of the molecule is CN=C(NCCSC)NCc1ccc(CN2CCC(C)CC2)cc1. The number of likely N-dealkylation sites (tertiary alicyclic amines) is 1. The largest absolute Gasteiger partial charge is 0.356 e. The van der Waals surface area contributed by atoms with Crippen molar-refractivity contribution in [3.05, 3.63) is 35.4 Å². The van der Waals surface area contributed by atoms with Crippen LogP contribution in [0.2, 0.25) is 0 Å². The van der Waals surface area contributed by atoms with Crippen molar-refractivity contribution in [2.75, 3.05) is 38.7 Å². The molecule has 4 nitrogen and oxygen atoms in total. The summed E-state index contributed by atoms with van der Waals surface area (Å²) in [5.74, 6) is 2.86. The number of aliphatic imine (C=N–C) groups is 1. The zero-order valence-corrected chi connectivity index (χ0v) is 16.2. The molecule has 0 aromatic heterocycles. The number of benzene rings is 1. The van der Waals surface area contributed by atoms with Gasteiger partial charge < -0.3 is 10.6 Å². The van der Waals surface area contributed by atoms with Gasteiger partial charge in [-0.15, -0.1) is 0 Å². The maximum Gasteiger partial charge on any atom is 0.191 e. The van der Waals surface area contributed by atoms with Crippen molar-refractivity contribution in [1.29, 1.82) is 0 Å². The van der Waals surface area contributed by atoms with Gasteiger partial charge >= 0.3 is 0 Å². The van der Waals surface area contributed by atoms with Gasteiger partial charge in [0.15, 0.2) is 5.96 Å². The summed E-state index contributed by atoms with van der Waals surface area (Å²) in [6.07, 6.45) is 4.79. The van der Waals surface area contributed by atoms with Gasteiger partial charge in [0.25, 0.3) is 0 Å². The molecule has 24 heavy (non-hydrogen) atoms. The Morgan fingerprint density at radius 2 is 1.83 bits per heavy atom. The average Bonchev–Trinajstić information content (AvgIpc) is 2.61. The molecular formula is C19H32N4S. The van der Waals surface area contributed by atoms with Crippen molar-refractivity contribution in [1.82, 2.24) is 15.5 Å². The fraction of sp³-hybridized carbons (Fsp3) is 0.632. The monoisotopic (exact) mass is 348 g/mol. The number of rotatable bonds is 7. The highest BCUT2D eigenvalue weighted by Gasteiger charge is 2.15. The molecule has 1 aliphatic rings. The molecule has 0 aliphatic carbocycles. The summed E-state index contributed by atoms with van der Waals surface area (Å²) in [4.78, 5) is 6.83. The minimum atomic E-state index is 0.806. The summed E-state index contributed by atoms with van der Waals surface area (Å²) < 4.78 is 0. The third kappa shape index (κ3) is 6.73. The number of piperidine rings is 1. The number of thioether (sulfide) groups is 1. The Hall–Kier alpha value is -1.20. The number of hydrogen-bond donors (Lipinski definition) is 2. The fourth-order valence-corrected chi connectivity index (χ4v) is 3.22. The number of hydrogen-bond acceptors (Lipinski definition) is 3. The van der Waals surface area contributed by atoms with E-state index in [1.807, 2.05) is 18.8 Å². The van der Waals surface area contributed by atoms with Gasteiger partial charge in [0.1, 0.15) is 0 Å². The van der Waals surface area contributed by atoms with E-state index in [9.17, 15) is 0 Å². The van der Waals surface area contributed by atoms with Crippen molar-refractivity contribution < 1.29 is 0 Å². The predicted molar refractivity (Wildman–Crippen MR) is 107 cm³/mol. The summed E-state index contributed by atoms with van der Waals surface area (Å²) in [6.45, 7) is 7.67. The van der Waals surface area contributed by atoms with Crippen LogP contribution in [0, 0.1) is 5.92 Å². The first-order valence-electron chi connectivity index (χ1n) is 8.95. The molecule has 2 N–H and O–H groups in total. The molecule has 0 unspecified atom stereocenters. The van der Waals surface area contributed by atoms with Gasteiger partial charge in [-0.2, -0.15) is 11.8 Å². The highest BCUT2D eigenvalue weighted by molar-refractivity contribution is 7.98. The van der Waals surface area contributed by atoms with Gasteiger partial charge in [-0.1, -0.05) is 31.2 Å². The summed E-state index contributed by atoms with van der Waals surface area (Å²) >= 11 is 1.84. The zero-order chi connectivity index (χ0) is 17.2. The van der Waals surface area contributed by atoms with E-state index >= 15 is 0 Å². The molecule has 5 heteroatoms. The van der Waals surface area contributed by atoms with E-state index in [1.54, 1.807) is 0 Å². The van der Waals surface area contributed by atoms with E-state index in [0.29, 0.717) is 0 Å². The molecule has 0 radical (unpaired) electrons. The van der Waals surface area contributed by atoms with Crippen molar-refractivity contribution in [3.63, 3.8) is 0 Å². The number of nitrogens with zero attached hydrogens (tertiary/aromatic N) is 2. The first kappa shape index (κ1) is 19.1. The van der Waals surface area contributed by atoms with Crippen LogP contribution in [0.1, 0.15) is 30.9 Å². The second-order valence-corrected chi connectivity index (χ2v) is 7.61. The van der Waals surface area contributed by atoms with Crippen molar-refractivity contribution in [2.45, 2.75) is 32.9 Å². The van der Waals surface area contributed by atoms with E-state index in [0.717, 1.165) is 37.3 Å². The molecule has 1 fully saturated rings. The van der Waals surface area contributed by atoms with Crippen LogP contribution in [0.3, 0.4) is 0 Å². The lowest BCUT2D eigenvalue weighted by Gasteiger charge is -2.30. The Morgan fingerprint density at radius 1 is 1.17 bits per heavy atom. The van der Waals surface area contributed by atoms with Gasteiger partial charge in [-0.05, 0) is 49.2 Å². The lowest BCUT2D eigenvalue weighted by molar-refractivity contribution is 0.185. The normalized spacial score (nSPS) is 17.0. The Kier molecular flexibility index (Phi) is 8.47. The summed E-state index contributed by atoms with van der Waals surface area (Å²) in [7, 11) is 1.82. The van der Waals surface area contributed by atoms with Crippen LogP contribution in [-0.4, -0.2) is 49.6 Å². The first-order chi connectivity index (χ1) is 11.7. The molecule has 1 aromatic rings. The lowest BCUT2D eigenvalue weighted by atomic mass is 9.99. The van der Waals surface area contributed by atoms with E-state index in [1.165, 1.54) is 37.1 Å². The van der Waals surface area contributed by atoms with Crippen LogP contribution < -0.4 is 10.6 Å². The Labute approximate surface area is 151 Å². The summed E-state index contributed by atoms with van der Waals surface area (Å²) in [5.41, 5.74) is 2.70. The van der Waals surface area contributed by atoms with Crippen LogP contribution in [0.25, 0.3) is 0 Å². The average molecular weight is 349 g/mol. The van der Waals surface area contributed by atoms with Gasteiger partial charge in [-0.25, -0.2) is 0 Å². The lowest BCUT2D eigenvalue weighted by Crippen LogP contribution is -2.37. The Bertz CT molecular complexity index is 493. The molecule has 0 saturated carbocycles. The summed E-state index contributed by atoms with van der Waals surface area (Å²) in [6, 6.07) is 8.98. The minimum Gasteiger partial charge on any atom is -0.356 e. The van der Waals surface area contributed by atoms with E-state index in [-0.39, 0.29) is 0 Å². The molecule has 0 bridgehead atoms. The molecule has 1 aromatic carbocycles. The molecule has 0 spiro atoms. The highest BCUT2D eigenvalue weighted by atomic mass is 32.2. The first-order valence-corrected chi connectivity index (χ1v) is 10.3. The van der Waals surface area contributed by atoms with Gasteiger partial charge in [0, 0.05) is 32.4 Å². The van der Waals surface area contributed by atoms with Crippen LogP contribution in [0.15, 0.2) is 29.3 Å². The quantitative estimate of drug-likeness (QED) is 0.451. The molecule has 134 valence electrons. The molecule has 1 heterocycles. The highest BCUT2D eigenvalue weighted by Crippen LogP contribution is 2.18. The van der Waals surface area contributed by atoms with Crippen molar-refractivity contribution in [3.8, 4) is 0 Å². The molecular weight excluding hydrogens is 316 g/mol. The summed E-state index contributed by atoms with van der Waals surface area (Å²) in [5, 5.41) is 6.69. The Morgan fingerprint density at radius 3 is 2.46 bits per heavy atom. The van der Waals surface area contributed by atoms with E-state index in [2.05, 4.69) is 58.0 Å². The van der Waals surface area contributed by atoms with Gasteiger partial charge in [0.2, 0.25) is 0 Å². The Balaban J connectivity index is 1.75. The third-order valence-corrected chi connectivity index (χ3v) is 5.20. The van der Waals surface area contributed by atoms with Gasteiger partial charge in [0.05, 0.1) is 0 Å². The van der Waals surface area contributed by atoms with E-state index in [4.69, 9.17) is 0 Å². The van der Waals surface area contributed by atoms with Crippen molar-refractivity contribution in [2.24, 2.45) is 10.9 Å². The molecule has 1 aliphatic heterocycles. The second-order valence-electron chi connectivity index (χ2n) is 6.62. The zero-order valence-electron chi connectivity index (χ0n) is 15.3. The predicted octanol–water partition coefficient (Wildman–Crippen LogP) is 2.95. The van der Waals surface area contributed by atoms with Crippen LogP contribution in [0.4, 0.5) is 0 Å². The second kappa shape index (κ2) is 10.6. The number of nitrogens with one attached hydrogen (secondary N) is 2. The van der Waals surface area contributed by atoms with E-state index < -0.39 is 0 Å². The minimum absolute atomic E-state index is 0.806. The van der Waals surface area contributed by atoms with Crippen LogP contribution in [0.5, 0.6) is 0 Å². The molecule has 0 atom stereocenters. The molecule has 1 saturated heterocycles. The fourth-order valence-electron chi connectivity index (χ4n) is 2.92. The maximum absolute atomic E-state index is 4.25. The number of guanidine groups is 1. The third-order valence-electron chi connectivity index (χ3n) is 4.59. The van der Waals surface area contributed by atoms with Gasteiger partial charge in [-0.3, -0.25) is 9.89 Å². The molecule has 0 amide bonds. The standard InChI is InChI=1S/C19H32N4S/c1-16-8-11-23(12-9-16)15-18-6-4-17(5-7-18)14-22-19(20-2)21-10-13-24-3/h4-7,16H,8-15H2,1-3H3,(H2,20,21,22). The maximum atomic E-state index is 4.25. The van der Waals surface area contributed by atoms with Crippen LogP contribution in [-0.2, 0) is 13.1 Å². The van der Waals surface area contributed by atoms with Crippen molar-refractivity contribution >= 4 is 17.7 Å². The molecule has 2 rings (SSSR count). The van der Waals surface area contributed by atoms with Crippen LogP contribution >= 0.6 is 11.8 Å².